The summed E-state index contributed by atoms with van der Waals surface area (Å²) in [6.07, 6.45) is 2.75. The third kappa shape index (κ3) is 3.45. The molecule has 0 saturated carbocycles. The third-order valence-electron chi connectivity index (χ3n) is 3.97. The Balaban J connectivity index is 2.10. The van der Waals surface area contributed by atoms with Gasteiger partial charge >= 0.3 is 0 Å². The van der Waals surface area contributed by atoms with E-state index in [0.717, 1.165) is 36.0 Å². The van der Waals surface area contributed by atoms with Crippen LogP contribution in [0.5, 0.6) is 0 Å². The molecule has 2 aromatic rings. The number of furan rings is 1. The normalized spacial score (nSPS) is 14.1. The number of amides is 1. The molecule has 2 rings (SSSR count). The van der Waals surface area contributed by atoms with Crippen molar-refractivity contribution in [2.24, 2.45) is 5.73 Å². The first-order valence-electron chi connectivity index (χ1n) is 7.55. The first-order valence-corrected chi connectivity index (χ1v) is 7.55. The summed E-state index contributed by atoms with van der Waals surface area (Å²) in [4.78, 5) is 14.0. The van der Waals surface area contributed by atoms with Crippen molar-refractivity contribution < 1.29 is 9.21 Å². The second-order valence-electron chi connectivity index (χ2n) is 5.56. The number of likely N-dealkylation sites (N-methyl/N-ethyl adjacent to an activating group) is 1. The lowest BCUT2D eigenvalue weighted by Crippen LogP contribution is -2.42. The Labute approximate surface area is 125 Å². The molecule has 0 aliphatic rings. The summed E-state index contributed by atoms with van der Waals surface area (Å²) in [5.41, 5.74) is 6.82. The lowest BCUT2D eigenvalue weighted by molar-refractivity contribution is -0.133. The first kappa shape index (κ1) is 15.6. The molecule has 114 valence electrons. The minimum absolute atomic E-state index is 0.0311. The van der Waals surface area contributed by atoms with Gasteiger partial charge in [0.25, 0.3) is 0 Å². The number of benzene rings is 1. The molecule has 2 N–H and O–H groups in total. The summed E-state index contributed by atoms with van der Waals surface area (Å²) in [7, 11) is 1.78. The van der Waals surface area contributed by atoms with Crippen molar-refractivity contribution in [1.82, 2.24) is 4.90 Å². The number of carbonyl (C=O) groups is 1. The van der Waals surface area contributed by atoms with Crippen LogP contribution in [0.3, 0.4) is 0 Å². The molecule has 1 aromatic heterocycles. The number of fused-ring (bicyclic) bond motifs is 1. The molecule has 0 bridgehead atoms. The van der Waals surface area contributed by atoms with Crippen molar-refractivity contribution in [2.45, 2.75) is 45.2 Å². The van der Waals surface area contributed by atoms with E-state index in [0.29, 0.717) is 0 Å². The van der Waals surface area contributed by atoms with Gasteiger partial charge in [0.1, 0.15) is 11.3 Å². The fourth-order valence-corrected chi connectivity index (χ4v) is 2.40. The number of para-hydroxylation sites is 1. The highest BCUT2D eigenvalue weighted by atomic mass is 16.3. The zero-order valence-electron chi connectivity index (χ0n) is 13.0. The average Bonchev–Trinajstić information content (AvgIpc) is 2.94. The Hall–Kier alpha value is -1.81. The molecule has 2 atom stereocenters. The molecule has 0 fully saturated rings. The van der Waals surface area contributed by atoms with E-state index in [1.807, 2.05) is 37.3 Å². The van der Waals surface area contributed by atoms with Crippen LogP contribution < -0.4 is 5.73 Å². The van der Waals surface area contributed by atoms with Crippen molar-refractivity contribution in [3.8, 4) is 0 Å². The standard InChI is InChI=1S/C17H24N2O2/c1-4-5-9-14(18)17(20)19(3)12(2)16-11-13-8-6-7-10-15(13)21-16/h6-8,10-12,14H,4-5,9,18H2,1-3H3/t12?,14-/m0/s1. The Morgan fingerprint density at radius 3 is 2.76 bits per heavy atom. The maximum atomic E-state index is 12.3. The first-order chi connectivity index (χ1) is 10.0. The fraction of sp³-hybridized carbons (Fsp3) is 0.471. The lowest BCUT2D eigenvalue weighted by Gasteiger charge is -2.26. The van der Waals surface area contributed by atoms with Gasteiger partial charge < -0.3 is 15.1 Å². The quantitative estimate of drug-likeness (QED) is 0.885. The fourth-order valence-electron chi connectivity index (χ4n) is 2.40. The maximum absolute atomic E-state index is 12.3. The molecule has 0 saturated heterocycles. The summed E-state index contributed by atoms with van der Waals surface area (Å²) < 4.78 is 5.83. The van der Waals surface area contributed by atoms with Crippen molar-refractivity contribution in [1.29, 1.82) is 0 Å². The van der Waals surface area contributed by atoms with Crippen molar-refractivity contribution in [2.75, 3.05) is 7.05 Å². The molecule has 21 heavy (non-hydrogen) atoms. The number of nitrogens with two attached hydrogens (primary N) is 1. The molecule has 0 radical (unpaired) electrons. The highest BCUT2D eigenvalue weighted by Gasteiger charge is 2.24. The SMILES string of the molecule is CCCC[C@H](N)C(=O)N(C)C(C)c1cc2ccccc2o1. The van der Waals surface area contributed by atoms with Gasteiger partial charge in [0, 0.05) is 12.4 Å². The van der Waals surface area contributed by atoms with E-state index >= 15 is 0 Å². The highest BCUT2D eigenvalue weighted by Crippen LogP contribution is 2.27. The highest BCUT2D eigenvalue weighted by molar-refractivity contribution is 5.82. The zero-order chi connectivity index (χ0) is 15.4. The van der Waals surface area contributed by atoms with Gasteiger partial charge in [0.15, 0.2) is 0 Å². The molecule has 0 aliphatic heterocycles. The molecule has 1 aromatic carbocycles. The Bertz CT molecular complexity index is 573. The number of carbonyl (C=O) groups excluding carboxylic acids is 1. The van der Waals surface area contributed by atoms with Crippen LogP contribution in [0, 0.1) is 0 Å². The molecule has 1 amide bonds. The van der Waals surface area contributed by atoms with Gasteiger partial charge in [-0.3, -0.25) is 4.79 Å². The van der Waals surface area contributed by atoms with Crippen LogP contribution >= 0.6 is 0 Å². The van der Waals surface area contributed by atoms with Gasteiger partial charge in [-0.25, -0.2) is 0 Å². The summed E-state index contributed by atoms with van der Waals surface area (Å²) >= 11 is 0. The van der Waals surface area contributed by atoms with E-state index < -0.39 is 6.04 Å². The van der Waals surface area contributed by atoms with E-state index in [1.54, 1.807) is 11.9 Å². The number of unbranched alkanes of at least 4 members (excludes halogenated alkanes) is 1. The van der Waals surface area contributed by atoms with E-state index in [2.05, 4.69) is 6.92 Å². The second-order valence-corrected chi connectivity index (χ2v) is 5.56. The van der Waals surface area contributed by atoms with Crippen LogP contribution in [-0.4, -0.2) is 23.9 Å². The molecule has 1 heterocycles. The van der Waals surface area contributed by atoms with Crippen molar-refractivity contribution >= 4 is 16.9 Å². The Kier molecular flexibility index (Phi) is 5.02. The molecule has 4 nitrogen and oxygen atoms in total. The van der Waals surface area contributed by atoms with Crippen molar-refractivity contribution in [3.05, 3.63) is 36.1 Å². The molecule has 1 unspecified atom stereocenters. The number of nitrogens with zero attached hydrogens (tertiary/aromatic N) is 1. The maximum Gasteiger partial charge on any atom is 0.239 e. The van der Waals surface area contributed by atoms with E-state index in [-0.39, 0.29) is 11.9 Å². The number of hydrogen-bond acceptors (Lipinski definition) is 3. The Morgan fingerprint density at radius 2 is 2.10 bits per heavy atom. The van der Waals surface area contributed by atoms with Crippen LogP contribution in [0.15, 0.2) is 34.7 Å². The van der Waals surface area contributed by atoms with Gasteiger partial charge in [-0.05, 0) is 25.5 Å². The van der Waals surface area contributed by atoms with Crippen molar-refractivity contribution in [3.63, 3.8) is 0 Å². The summed E-state index contributed by atoms with van der Waals surface area (Å²) in [6, 6.07) is 9.28. The Morgan fingerprint density at radius 1 is 1.38 bits per heavy atom. The minimum atomic E-state index is -0.429. The monoisotopic (exact) mass is 288 g/mol. The van der Waals surface area contributed by atoms with E-state index in [1.165, 1.54) is 0 Å². The van der Waals surface area contributed by atoms with Crippen LogP contribution in [0.25, 0.3) is 11.0 Å². The van der Waals surface area contributed by atoms with Gasteiger partial charge in [0.05, 0.1) is 12.1 Å². The molecular weight excluding hydrogens is 264 g/mol. The number of rotatable bonds is 6. The van der Waals surface area contributed by atoms with Gasteiger partial charge in [-0.1, -0.05) is 38.0 Å². The van der Waals surface area contributed by atoms with Crippen LogP contribution in [-0.2, 0) is 4.79 Å². The molecular formula is C17H24N2O2. The van der Waals surface area contributed by atoms with Gasteiger partial charge in [0.2, 0.25) is 5.91 Å². The summed E-state index contributed by atoms with van der Waals surface area (Å²) in [5.74, 6) is 0.756. The largest absolute Gasteiger partial charge is 0.459 e. The lowest BCUT2D eigenvalue weighted by atomic mass is 10.1. The van der Waals surface area contributed by atoms with Gasteiger partial charge in [-0.2, -0.15) is 0 Å². The van der Waals surface area contributed by atoms with Crippen LogP contribution in [0.4, 0.5) is 0 Å². The molecule has 0 spiro atoms. The predicted octanol–water partition coefficient (Wildman–Crippen LogP) is 3.47. The van der Waals surface area contributed by atoms with Crippen LogP contribution in [0.1, 0.15) is 44.9 Å². The topological polar surface area (TPSA) is 59.5 Å². The smallest absolute Gasteiger partial charge is 0.239 e. The zero-order valence-corrected chi connectivity index (χ0v) is 13.0. The second kappa shape index (κ2) is 6.76. The molecule has 4 heteroatoms. The van der Waals surface area contributed by atoms with E-state index in [4.69, 9.17) is 10.2 Å². The average molecular weight is 288 g/mol. The van der Waals surface area contributed by atoms with Gasteiger partial charge in [-0.15, -0.1) is 0 Å². The van der Waals surface area contributed by atoms with E-state index in [9.17, 15) is 4.79 Å². The third-order valence-corrected chi connectivity index (χ3v) is 3.97. The minimum Gasteiger partial charge on any atom is -0.459 e. The predicted molar refractivity (Wildman–Crippen MR) is 84.9 cm³/mol. The van der Waals surface area contributed by atoms with Crippen LogP contribution in [0.2, 0.25) is 0 Å². The summed E-state index contributed by atoms with van der Waals surface area (Å²) in [5, 5.41) is 1.05. The molecule has 0 aliphatic carbocycles. The number of hydrogen-bond donors (Lipinski definition) is 1. The summed E-state index contributed by atoms with van der Waals surface area (Å²) in [6.45, 7) is 4.06.